The zero-order valence-electron chi connectivity index (χ0n) is 19.1. The van der Waals surface area contributed by atoms with Gasteiger partial charge in [0.1, 0.15) is 0 Å². The third-order valence-electron chi connectivity index (χ3n) is 6.63. The van der Waals surface area contributed by atoms with Crippen molar-refractivity contribution in [3.63, 3.8) is 0 Å². The third-order valence-corrected chi connectivity index (χ3v) is 6.63. The summed E-state index contributed by atoms with van der Waals surface area (Å²) in [5, 5.41) is 3.92. The molecule has 4 nitrogen and oxygen atoms in total. The van der Waals surface area contributed by atoms with Crippen LogP contribution in [0.1, 0.15) is 22.4 Å². The topological polar surface area (TPSA) is 58.6 Å². The summed E-state index contributed by atoms with van der Waals surface area (Å²) in [7, 11) is 0. The van der Waals surface area contributed by atoms with E-state index in [0.717, 1.165) is 71.6 Å². The summed E-state index contributed by atoms with van der Waals surface area (Å²) in [5.41, 5.74) is 9.20. The molecule has 0 saturated heterocycles. The molecule has 0 bridgehead atoms. The van der Waals surface area contributed by atoms with Gasteiger partial charge in [-0.1, -0.05) is 48.0 Å². The van der Waals surface area contributed by atoms with E-state index >= 15 is 0 Å². The van der Waals surface area contributed by atoms with Crippen molar-refractivity contribution in [3.8, 4) is 11.1 Å². The highest BCUT2D eigenvalue weighted by Gasteiger charge is 2.20. The van der Waals surface area contributed by atoms with Gasteiger partial charge in [-0.05, 0) is 62.4 Å². The lowest BCUT2D eigenvalue weighted by Gasteiger charge is -2.16. The molecule has 0 fully saturated rings. The molecule has 3 aromatic heterocycles. The monoisotopic (exact) mass is 429 g/mol. The minimum absolute atomic E-state index is 0.101. The molecule has 0 aliphatic carbocycles. The first-order valence-electron chi connectivity index (χ1n) is 11.2. The molecular weight excluding hydrogens is 406 g/mol. The van der Waals surface area contributed by atoms with Crippen molar-refractivity contribution in [3.05, 3.63) is 93.4 Å². The predicted octanol–water partition coefficient (Wildman–Crippen LogP) is 6.68. The van der Waals surface area contributed by atoms with Crippen molar-refractivity contribution in [1.82, 2.24) is 15.0 Å². The Kier molecular flexibility index (Phi) is 4.15. The molecule has 0 saturated carbocycles. The highest BCUT2D eigenvalue weighted by Crippen LogP contribution is 2.38. The number of nitrogens with one attached hydrogen (secondary N) is 1. The lowest BCUT2D eigenvalue weighted by atomic mass is 9.93. The van der Waals surface area contributed by atoms with E-state index in [1.807, 2.05) is 50.2 Å². The molecule has 0 spiro atoms. The van der Waals surface area contributed by atoms with Gasteiger partial charge >= 0.3 is 0 Å². The van der Waals surface area contributed by atoms with Crippen LogP contribution < -0.4 is 5.56 Å². The maximum atomic E-state index is 13.5. The molecule has 3 aromatic carbocycles. The number of aryl methyl sites for hydroxylation is 4. The molecule has 0 aliphatic rings. The number of nitrogens with zero attached hydrogens (tertiary/aromatic N) is 2. The van der Waals surface area contributed by atoms with Crippen LogP contribution in [0.25, 0.3) is 54.7 Å². The number of para-hydroxylation sites is 2. The summed E-state index contributed by atoms with van der Waals surface area (Å²) in [6, 6.07) is 20.5. The Morgan fingerprint density at radius 1 is 0.758 bits per heavy atom. The number of pyridine rings is 3. The van der Waals surface area contributed by atoms with E-state index < -0.39 is 0 Å². The molecule has 4 heteroatoms. The first-order chi connectivity index (χ1) is 15.9. The van der Waals surface area contributed by atoms with Crippen molar-refractivity contribution >= 4 is 43.6 Å². The molecule has 0 aliphatic heterocycles. The summed E-state index contributed by atoms with van der Waals surface area (Å²) < 4.78 is 0. The number of benzene rings is 3. The number of H-pyrrole nitrogens is 1. The van der Waals surface area contributed by atoms with Crippen molar-refractivity contribution in [2.45, 2.75) is 27.7 Å². The number of aromatic nitrogens is 3. The summed E-state index contributed by atoms with van der Waals surface area (Å²) in [5.74, 6) is 0. The highest BCUT2D eigenvalue weighted by molar-refractivity contribution is 6.17. The Hall–Kier alpha value is -4.05. The zero-order valence-corrected chi connectivity index (χ0v) is 19.1. The third kappa shape index (κ3) is 2.87. The number of hydrogen-bond acceptors (Lipinski definition) is 3. The van der Waals surface area contributed by atoms with E-state index in [4.69, 9.17) is 9.97 Å². The molecule has 33 heavy (non-hydrogen) atoms. The van der Waals surface area contributed by atoms with Gasteiger partial charge in [-0.3, -0.25) is 9.78 Å². The van der Waals surface area contributed by atoms with Crippen LogP contribution in [-0.4, -0.2) is 15.0 Å². The molecular formula is C29H23N3O. The molecule has 1 N–H and O–H groups in total. The first-order valence-corrected chi connectivity index (χ1v) is 11.2. The van der Waals surface area contributed by atoms with Gasteiger partial charge in [0.2, 0.25) is 0 Å². The van der Waals surface area contributed by atoms with Gasteiger partial charge in [0, 0.05) is 33.0 Å². The van der Waals surface area contributed by atoms with Gasteiger partial charge in [-0.2, -0.15) is 0 Å². The average Bonchev–Trinajstić information content (AvgIpc) is 2.79. The largest absolute Gasteiger partial charge is 0.321 e. The van der Waals surface area contributed by atoms with Crippen molar-refractivity contribution < 1.29 is 0 Å². The minimum atomic E-state index is -0.101. The summed E-state index contributed by atoms with van der Waals surface area (Å²) in [6.07, 6.45) is 0. The number of hydrogen-bond donors (Lipinski definition) is 1. The quantitative estimate of drug-likeness (QED) is 0.234. The molecule has 160 valence electrons. The van der Waals surface area contributed by atoms with Crippen molar-refractivity contribution in [2.24, 2.45) is 0 Å². The van der Waals surface area contributed by atoms with Crippen LogP contribution in [0.2, 0.25) is 0 Å². The molecule has 3 heterocycles. The van der Waals surface area contributed by atoms with Gasteiger partial charge in [0.25, 0.3) is 5.56 Å². The van der Waals surface area contributed by atoms with Crippen LogP contribution in [0, 0.1) is 27.7 Å². The fraction of sp³-hybridized carbons (Fsp3) is 0.138. The van der Waals surface area contributed by atoms with Gasteiger partial charge in [0.05, 0.1) is 22.1 Å². The lowest BCUT2D eigenvalue weighted by Crippen LogP contribution is -2.10. The van der Waals surface area contributed by atoms with Crippen LogP contribution in [0.3, 0.4) is 0 Å². The summed E-state index contributed by atoms with van der Waals surface area (Å²) in [4.78, 5) is 26.7. The van der Waals surface area contributed by atoms with Gasteiger partial charge < -0.3 is 4.98 Å². The van der Waals surface area contributed by atoms with Crippen LogP contribution >= 0.6 is 0 Å². The second-order valence-electron chi connectivity index (χ2n) is 8.95. The molecule has 0 unspecified atom stereocenters. The minimum Gasteiger partial charge on any atom is -0.321 e. The second-order valence-corrected chi connectivity index (χ2v) is 8.95. The SMILES string of the molecule is Cc1ccc2nc3c(c(C)nc4c(C)cccc43)c(-c3cc4cccc(C)c4[nH]c3=O)c2c1. The second kappa shape index (κ2) is 6.97. The molecule has 0 atom stereocenters. The van der Waals surface area contributed by atoms with Gasteiger partial charge in [0.15, 0.2) is 0 Å². The van der Waals surface area contributed by atoms with Crippen LogP contribution in [-0.2, 0) is 0 Å². The van der Waals surface area contributed by atoms with E-state index in [0.29, 0.717) is 5.56 Å². The van der Waals surface area contributed by atoms with E-state index in [1.54, 1.807) is 0 Å². The van der Waals surface area contributed by atoms with Crippen LogP contribution in [0.5, 0.6) is 0 Å². The zero-order chi connectivity index (χ0) is 22.9. The Bertz CT molecular complexity index is 1830. The Labute approximate surface area is 190 Å². The Morgan fingerprint density at radius 3 is 2.39 bits per heavy atom. The summed E-state index contributed by atoms with van der Waals surface area (Å²) >= 11 is 0. The first kappa shape index (κ1) is 19.6. The van der Waals surface area contributed by atoms with Crippen LogP contribution in [0.15, 0.2) is 65.5 Å². The Morgan fingerprint density at radius 2 is 1.55 bits per heavy atom. The van der Waals surface area contributed by atoms with Crippen molar-refractivity contribution in [1.29, 1.82) is 0 Å². The lowest BCUT2D eigenvalue weighted by molar-refractivity contribution is 1.26. The fourth-order valence-electron chi connectivity index (χ4n) is 5.00. The number of fused-ring (bicyclic) bond motifs is 5. The van der Waals surface area contributed by atoms with E-state index in [1.165, 1.54) is 0 Å². The molecule has 6 rings (SSSR count). The number of rotatable bonds is 1. The van der Waals surface area contributed by atoms with E-state index in [9.17, 15) is 4.79 Å². The van der Waals surface area contributed by atoms with Gasteiger partial charge in [-0.15, -0.1) is 0 Å². The smallest absolute Gasteiger partial charge is 0.256 e. The Balaban J connectivity index is 1.89. The van der Waals surface area contributed by atoms with E-state index in [-0.39, 0.29) is 5.56 Å². The van der Waals surface area contributed by atoms with Crippen LogP contribution in [0.4, 0.5) is 0 Å². The number of aromatic amines is 1. The van der Waals surface area contributed by atoms with E-state index in [2.05, 4.69) is 43.1 Å². The molecule has 6 aromatic rings. The van der Waals surface area contributed by atoms with Gasteiger partial charge in [-0.25, -0.2) is 4.98 Å². The van der Waals surface area contributed by atoms with Crippen molar-refractivity contribution in [2.75, 3.05) is 0 Å². The maximum Gasteiger partial charge on any atom is 0.256 e. The predicted molar refractivity (Wildman–Crippen MR) is 137 cm³/mol. The molecule has 0 amide bonds. The maximum absolute atomic E-state index is 13.5. The summed E-state index contributed by atoms with van der Waals surface area (Å²) in [6.45, 7) is 8.17. The fourth-order valence-corrected chi connectivity index (χ4v) is 5.00. The standard InChI is InChI=1S/C29H23N3O/c1-15-11-12-23-21(13-15)25(22-14-19-9-5-7-16(2)26(19)32-29(22)33)24-18(4)30-27-17(3)8-6-10-20(27)28(24)31-23/h5-14H,1-4H3,(H,32,33). The normalized spacial score (nSPS) is 11.8. The molecule has 0 radical (unpaired) electrons. The average molecular weight is 430 g/mol. The highest BCUT2D eigenvalue weighted by atomic mass is 16.1.